The van der Waals surface area contributed by atoms with Crippen LogP contribution >= 0.6 is 0 Å². The molecular formula is C11H22N2. The Hall–Kier alpha value is -0.790. The smallest absolute Gasteiger partial charge is 0.0420 e. The standard InChI is InChI=1S/C11H22N2/c1-5-11(6-2)8-13-10(4)9(3)7-12/h7,11H,5-6,8,12H2,1-4H3/b9-7-,13-10?. The Morgan fingerprint density at radius 2 is 1.85 bits per heavy atom. The van der Waals surface area contributed by atoms with Crippen LogP contribution in [-0.2, 0) is 0 Å². The lowest BCUT2D eigenvalue weighted by molar-refractivity contribution is 0.506. The lowest BCUT2D eigenvalue weighted by Crippen LogP contribution is -2.05. The van der Waals surface area contributed by atoms with Gasteiger partial charge in [0.15, 0.2) is 0 Å². The maximum Gasteiger partial charge on any atom is 0.0420 e. The van der Waals surface area contributed by atoms with Gasteiger partial charge in [0.2, 0.25) is 0 Å². The zero-order valence-electron chi connectivity index (χ0n) is 9.30. The number of rotatable bonds is 5. The van der Waals surface area contributed by atoms with Crippen LogP contribution in [0.3, 0.4) is 0 Å². The largest absolute Gasteiger partial charge is 0.404 e. The fourth-order valence-electron chi connectivity index (χ4n) is 1.06. The number of allylic oxidation sites excluding steroid dienone is 1. The number of aliphatic imine (C=N–C) groups is 1. The van der Waals surface area contributed by atoms with E-state index < -0.39 is 0 Å². The van der Waals surface area contributed by atoms with Crippen molar-refractivity contribution in [2.75, 3.05) is 6.54 Å². The van der Waals surface area contributed by atoms with E-state index in [1.165, 1.54) is 12.8 Å². The first kappa shape index (κ1) is 12.2. The Labute approximate surface area is 81.9 Å². The van der Waals surface area contributed by atoms with Gasteiger partial charge in [-0.1, -0.05) is 26.7 Å². The number of nitrogens with two attached hydrogens (primary N) is 1. The molecule has 0 atom stereocenters. The van der Waals surface area contributed by atoms with Crippen LogP contribution in [0.2, 0.25) is 0 Å². The quantitative estimate of drug-likeness (QED) is 0.652. The summed E-state index contributed by atoms with van der Waals surface area (Å²) in [5, 5.41) is 0. The lowest BCUT2D eigenvalue weighted by Gasteiger charge is -2.09. The van der Waals surface area contributed by atoms with Crippen molar-refractivity contribution in [2.24, 2.45) is 16.6 Å². The SMILES string of the molecule is CCC(CC)CN=C(C)/C(C)=C\N. The summed E-state index contributed by atoms with van der Waals surface area (Å²) in [6.07, 6.45) is 4.03. The van der Waals surface area contributed by atoms with Gasteiger partial charge in [-0.05, 0) is 31.5 Å². The van der Waals surface area contributed by atoms with Gasteiger partial charge in [0, 0.05) is 12.3 Å². The third-order valence-corrected chi connectivity index (χ3v) is 2.56. The molecular weight excluding hydrogens is 160 g/mol. The topological polar surface area (TPSA) is 38.4 Å². The van der Waals surface area contributed by atoms with E-state index in [4.69, 9.17) is 5.73 Å². The third-order valence-electron chi connectivity index (χ3n) is 2.56. The molecule has 0 fully saturated rings. The molecule has 0 radical (unpaired) electrons. The molecule has 0 aromatic rings. The summed E-state index contributed by atoms with van der Waals surface area (Å²) in [4.78, 5) is 4.51. The van der Waals surface area contributed by atoms with Gasteiger partial charge in [0.1, 0.15) is 0 Å². The van der Waals surface area contributed by atoms with Crippen LogP contribution in [0.15, 0.2) is 16.8 Å². The molecule has 0 spiro atoms. The second-order valence-corrected chi connectivity index (χ2v) is 3.46. The Balaban J connectivity index is 4.09. The fraction of sp³-hybridized carbons (Fsp3) is 0.727. The van der Waals surface area contributed by atoms with Crippen molar-refractivity contribution in [1.82, 2.24) is 0 Å². The summed E-state index contributed by atoms with van der Waals surface area (Å²) >= 11 is 0. The van der Waals surface area contributed by atoms with E-state index in [1.807, 2.05) is 13.8 Å². The van der Waals surface area contributed by atoms with E-state index in [0.717, 1.165) is 23.7 Å². The average Bonchev–Trinajstić information content (AvgIpc) is 2.17. The normalized spacial score (nSPS) is 13.9. The zero-order chi connectivity index (χ0) is 10.3. The minimum atomic E-state index is 0.723. The van der Waals surface area contributed by atoms with Gasteiger partial charge in [-0.3, -0.25) is 4.99 Å². The van der Waals surface area contributed by atoms with Crippen LogP contribution in [0.5, 0.6) is 0 Å². The van der Waals surface area contributed by atoms with Gasteiger partial charge in [0.05, 0.1) is 0 Å². The van der Waals surface area contributed by atoms with Crippen LogP contribution < -0.4 is 5.73 Å². The molecule has 2 nitrogen and oxygen atoms in total. The predicted molar refractivity (Wildman–Crippen MR) is 60.0 cm³/mol. The first-order chi connectivity index (χ1) is 6.15. The minimum absolute atomic E-state index is 0.723. The predicted octanol–water partition coefficient (Wildman–Crippen LogP) is 2.75. The molecule has 0 aliphatic heterocycles. The highest BCUT2D eigenvalue weighted by molar-refractivity contribution is 5.97. The summed E-state index contributed by atoms with van der Waals surface area (Å²) in [7, 11) is 0. The van der Waals surface area contributed by atoms with Crippen molar-refractivity contribution in [1.29, 1.82) is 0 Å². The first-order valence-corrected chi connectivity index (χ1v) is 5.05. The number of nitrogens with zero attached hydrogens (tertiary/aromatic N) is 1. The third kappa shape index (κ3) is 4.71. The second-order valence-electron chi connectivity index (χ2n) is 3.46. The highest BCUT2D eigenvalue weighted by Gasteiger charge is 2.01. The molecule has 0 bridgehead atoms. The maximum absolute atomic E-state index is 5.40. The van der Waals surface area contributed by atoms with E-state index in [1.54, 1.807) is 6.20 Å². The van der Waals surface area contributed by atoms with Crippen molar-refractivity contribution in [3.8, 4) is 0 Å². The molecule has 0 heterocycles. The van der Waals surface area contributed by atoms with Gasteiger partial charge in [-0.2, -0.15) is 0 Å². The van der Waals surface area contributed by atoms with Crippen molar-refractivity contribution >= 4 is 5.71 Å². The van der Waals surface area contributed by atoms with Crippen molar-refractivity contribution in [3.05, 3.63) is 11.8 Å². The molecule has 2 N–H and O–H groups in total. The Morgan fingerprint density at radius 1 is 1.31 bits per heavy atom. The van der Waals surface area contributed by atoms with Gasteiger partial charge < -0.3 is 5.73 Å². The lowest BCUT2D eigenvalue weighted by atomic mass is 10.0. The summed E-state index contributed by atoms with van der Waals surface area (Å²) in [5.41, 5.74) is 7.54. The number of hydrogen-bond acceptors (Lipinski definition) is 2. The molecule has 0 aliphatic carbocycles. The Morgan fingerprint density at radius 3 is 2.23 bits per heavy atom. The van der Waals surface area contributed by atoms with E-state index in [-0.39, 0.29) is 0 Å². The molecule has 0 saturated heterocycles. The van der Waals surface area contributed by atoms with Gasteiger partial charge in [0.25, 0.3) is 0 Å². The van der Waals surface area contributed by atoms with Crippen LogP contribution in [0.25, 0.3) is 0 Å². The second kappa shape index (κ2) is 6.70. The van der Waals surface area contributed by atoms with E-state index in [2.05, 4.69) is 18.8 Å². The molecule has 76 valence electrons. The van der Waals surface area contributed by atoms with Crippen LogP contribution in [0.4, 0.5) is 0 Å². The number of hydrogen-bond donors (Lipinski definition) is 1. The summed E-state index contributed by atoms with van der Waals surface area (Å²) < 4.78 is 0. The van der Waals surface area contributed by atoms with Gasteiger partial charge in [-0.15, -0.1) is 0 Å². The molecule has 0 aromatic carbocycles. The van der Waals surface area contributed by atoms with Gasteiger partial charge in [-0.25, -0.2) is 0 Å². The van der Waals surface area contributed by atoms with E-state index in [9.17, 15) is 0 Å². The van der Waals surface area contributed by atoms with Crippen molar-refractivity contribution in [3.63, 3.8) is 0 Å². The van der Waals surface area contributed by atoms with Crippen molar-refractivity contribution in [2.45, 2.75) is 40.5 Å². The fourth-order valence-corrected chi connectivity index (χ4v) is 1.06. The maximum atomic E-state index is 5.40. The van der Waals surface area contributed by atoms with Gasteiger partial charge >= 0.3 is 0 Å². The van der Waals surface area contributed by atoms with Crippen molar-refractivity contribution < 1.29 is 0 Å². The average molecular weight is 182 g/mol. The molecule has 2 heteroatoms. The molecule has 13 heavy (non-hydrogen) atoms. The highest BCUT2D eigenvalue weighted by atomic mass is 14.7. The first-order valence-electron chi connectivity index (χ1n) is 5.05. The molecule has 0 amide bonds. The Bertz CT molecular complexity index is 188. The highest BCUT2D eigenvalue weighted by Crippen LogP contribution is 2.08. The molecule has 0 aromatic heterocycles. The summed E-state index contributed by atoms with van der Waals surface area (Å²) in [6.45, 7) is 9.37. The molecule has 0 saturated carbocycles. The Kier molecular flexibility index (Phi) is 6.29. The van der Waals surface area contributed by atoms with E-state index >= 15 is 0 Å². The van der Waals surface area contributed by atoms with Crippen LogP contribution in [0, 0.1) is 5.92 Å². The van der Waals surface area contributed by atoms with Crippen LogP contribution in [-0.4, -0.2) is 12.3 Å². The summed E-state index contributed by atoms with van der Waals surface area (Å²) in [5.74, 6) is 0.723. The molecule has 0 rings (SSSR count). The molecule has 0 aliphatic rings. The molecule has 0 unspecified atom stereocenters. The van der Waals surface area contributed by atoms with Crippen LogP contribution in [0.1, 0.15) is 40.5 Å². The van der Waals surface area contributed by atoms with E-state index in [0.29, 0.717) is 0 Å². The summed E-state index contributed by atoms with van der Waals surface area (Å²) in [6, 6.07) is 0. The minimum Gasteiger partial charge on any atom is -0.404 e. The monoisotopic (exact) mass is 182 g/mol. The zero-order valence-corrected chi connectivity index (χ0v) is 9.30.